The Morgan fingerprint density at radius 1 is 0.500 bits per heavy atom. The number of hydrogen-bond acceptors (Lipinski definition) is 11. The monoisotopic (exact) mass is 1380 g/mol. The molecule has 1 fully saturated rings. The second-order valence-corrected chi connectivity index (χ2v) is 34.0. The molecule has 0 bridgehead atoms. The van der Waals surface area contributed by atoms with Crippen LogP contribution in [-0.2, 0) is 47.4 Å². The van der Waals surface area contributed by atoms with E-state index in [9.17, 15) is 19.5 Å². The largest absolute Gasteiger partial charge is 1.00 e. The summed E-state index contributed by atoms with van der Waals surface area (Å²) in [4.78, 5) is 37.8. The summed E-state index contributed by atoms with van der Waals surface area (Å²) >= 11 is 6.63. The normalized spacial score (nSPS) is 18.4. The van der Waals surface area contributed by atoms with Crippen LogP contribution in [0.5, 0.6) is 0 Å². The topological polar surface area (TPSA) is 166 Å². The summed E-state index contributed by atoms with van der Waals surface area (Å²) in [6, 6.07) is 30.8. The third kappa shape index (κ3) is 22.0. The van der Waals surface area contributed by atoms with Gasteiger partial charge in [0.05, 0.1) is 46.2 Å². The van der Waals surface area contributed by atoms with Crippen molar-refractivity contribution in [3.8, 4) is 0 Å². The number of benzene rings is 6. The van der Waals surface area contributed by atoms with Gasteiger partial charge in [-0.1, -0.05) is 162 Å². The Hall–Kier alpha value is -5.56. The van der Waals surface area contributed by atoms with Gasteiger partial charge in [-0.15, -0.1) is 0 Å². The van der Waals surface area contributed by atoms with E-state index < -0.39 is 47.1 Å². The molecular formula is C85H117BClLiO12. The van der Waals surface area contributed by atoms with Crippen molar-refractivity contribution in [2.45, 2.75) is 270 Å². The van der Waals surface area contributed by atoms with Gasteiger partial charge in [-0.2, -0.15) is 0 Å². The maximum absolute atomic E-state index is 13.1. The van der Waals surface area contributed by atoms with Crippen molar-refractivity contribution in [2.24, 2.45) is 16.2 Å². The molecule has 100 heavy (non-hydrogen) atoms. The summed E-state index contributed by atoms with van der Waals surface area (Å²) in [6.07, 6.45) is 14.1. The van der Waals surface area contributed by atoms with E-state index in [1.54, 1.807) is 6.92 Å². The summed E-state index contributed by atoms with van der Waals surface area (Å²) < 4.78 is 41.2. The zero-order valence-electron chi connectivity index (χ0n) is 65.3. The van der Waals surface area contributed by atoms with Crippen LogP contribution in [0, 0.1) is 37.0 Å². The molecule has 0 aromatic heterocycles. The molecule has 12 nitrogen and oxygen atoms in total. The molecule has 6 aromatic carbocycles. The Bertz CT molecular complexity index is 3930. The number of allylic oxidation sites excluding steroid dienone is 6. The van der Waals surface area contributed by atoms with E-state index >= 15 is 0 Å². The van der Waals surface area contributed by atoms with Crippen LogP contribution in [0.4, 0.5) is 0 Å². The van der Waals surface area contributed by atoms with E-state index in [1.807, 2.05) is 126 Å². The number of hydrogen-bond donors (Lipinski definition) is 1. The van der Waals surface area contributed by atoms with Crippen LogP contribution in [0.25, 0.3) is 43.5 Å². The van der Waals surface area contributed by atoms with E-state index in [0.717, 1.165) is 112 Å². The number of fused-ring (bicyclic) bond motifs is 3. The predicted octanol–water partition coefficient (Wildman–Crippen LogP) is 19.6. The molecule has 6 aromatic rings. The molecule has 2 N–H and O–H groups in total. The van der Waals surface area contributed by atoms with Gasteiger partial charge in [0.15, 0.2) is 18.3 Å². The number of carbonyl (C=O) groups is 3. The fourth-order valence-corrected chi connectivity index (χ4v) is 13.7. The SMILES string of the molecule is CC1(C)CC=C(B2OC(C)(C)C(C)(C)O2)CC1.CCOC(=O)[C@@H](OC(C)(C)C)c1c(C)cc2ccccc2c1C1=CCC(C)(C)CC1.CCOC(=O)[C@@H](OC(C)(C)C)c1c(C)cc2ccccc2c1Cl.Cc1cc2ccccc2c(C2=CCC(C)(C)CC2)c1[C@H](OC(C)(C)C)C(=O)O.[Li+].[OH-]. The van der Waals surface area contributed by atoms with Gasteiger partial charge in [0.1, 0.15) is 0 Å². The molecule has 1 heterocycles. The number of ether oxygens (including phenoxy) is 5. The smallest absolute Gasteiger partial charge is 0.870 e. The molecule has 4 aliphatic rings. The maximum Gasteiger partial charge on any atom is 1.00 e. The van der Waals surface area contributed by atoms with Crippen LogP contribution in [0.1, 0.15) is 266 Å². The fraction of sp³-hybridized carbons (Fsp3) is 0.541. The molecule has 540 valence electrons. The first-order valence-electron chi connectivity index (χ1n) is 35.6. The van der Waals surface area contributed by atoms with Gasteiger partial charge in [0.2, 0.25) is 0 Å². The Labute approximate surface area is 617 Å². The van der Waals surface area contributed by atoms with Crippen LogP contribution >= 0.6 is 11.6 Å². The van der Waals surface area contributed by atoms with Gasteiger partial charge < -0.3 is 43.6 Å². The molecule has 3 atom stereocenters. The standard InChI is InChI=1S/C27H36O3.C25H32O3.C19H23ClO3.C14H25BO2.Li.H2O/c1-8-29-25(28)24(30-26(3,4)5)22-18(2)17-20-11-9-10-12-21(20)23(22)19-13-15-27(6,7)16-14-19;1-16-15-18-9-7-8-10-19(18)21(17-11-13-25(5,6)14-12-17)20(16)22(23(26)27)28-24(2,3)4;1-6-22-18(21)17(23-19(3,4)5)15-12(2)11-13-9-7-8-10-14(13)16(15)20;1-12(2)9-7-11(8-10-12)15-16-13(3,4)14(5,6)17-15;;/h9-13,17,24H,8,14-16H2,1-7H3;7-11,15,22H,12-14H2,1-6H3,(H,26,27);7-11,17H,6H2,1-5H3;7H,8-10H2,1-6H3;;1H2/q;;;;+1;/p-1/t24-;22-;17-;;;/m000.../s1. The number of carboxylic acid groups (broad SMARTS) is 1. The third-order valence-electron chi connectivity index (χ3n) is 19.4. The Kier molecular flexibility index (Phi) is 28.9. The van der Waals surface area contributed by atoms with Crippen LogP contribution in [0.15, 0.2) is 115 Å². The molecule has 0 unspecified atom stereocenters. The van der Waals surface area contributed by atoms with Crippen LogP contribution in [-0.4, -0.2) is 76.8 Å². The molecule has 0 amide bonds. The van der Waals surface area contributed by atoms with Gasteiger partial charge >= 0.3 is 43.9 Å². The number of aliphatic carboxylic acids is 1. The van der Waals surface area contributed by atoms with Crippen molar-refractivity contribution in [2.75, 3.05) is 13.2 Å². The third-order valence-corrected chi connectivity index (χ3v) is 19.8. The number of carboxylic acids is 1. The second-order valence-electron chi connectivity index (χ2n) is 33.7. The van der Waals surface area contributed by atoms with Crippen molar-refractivity contribution in [1.82, 2.24) is 0 Å². The average Bonchev–Trinajstić information content (AvgIpc) is 1.19. The zero-order chi connectivity index (χ0) is 72.9. The van der Waals surface area contributed by atoms with Crippen molar-refractivity contribution in [3.05, 3.63) is 164 Å². The minimum absolute atomic E-state index is 0. The molecule has 10 rings (SSSR count). The van der Waals surface area contributed by atoms with Crippen LogP contribution in [0.2, 0.25) is 5.02 Å². The minimum atomic E-state index is -0.990. The first kappa shape index (κ1) is 85.1. The van der Waals surface area contributed by atoms with Gasteiger partial charge in [0.25, 0.3) is 0 Å². The maximum atomic E-state index is 13.1. The summed E-state index contributed by atoms with van der Waals surface area (Å²) in [5.41, 5.74) is 10.6. The van der Waals surface area contributed by atoms with Crippen molar-refractivity contribution >= 4 is 80.1 Å². The van der Waals surface area contributed by atoms with Gasteiger partial charge in [0, 0.05) is 22.1 Å². The quantitative estimate of drug-likeness (QED) is 0.0811. The number of carbonyl (C=O) groups excluding carboxylic acids is 2. The molecule has 0 radical (unpaired) electrons. The van der Waals surface area contributed by atoms with E-state index in [0.29, 0.717) is 34.6 Å². The van der Waals surface area contributed by atoms with Crippen molar-refractivity contribution in [1.29, 1.82) is 0 Å². The second kappa shape index (κ2) is 33.9. The van der Waals surface area contributed by atoms with Crippen molar-refractivity contribution in [3.63, 3.8) is 0 Å². The zero-order valence-corrected chi connectivity index (χ0v) is 66.1. The predicted molar refractivity (Wildman–Crippen MR) is 408 cm³/mol. The van der Waals surface area contributed by atoms with E-state index in [-0.39, 0.29) is 54.0 Å². The number of rotatable bonds is 14. The van der Waals surface area contributed by atoms with Gasteiger partial charge in [-0.3, -0.25) is 0 Å². The first-order valence-corrected chi connectivity index (χ1v) is 36.0. The summed E-state index contributed by atoms with van der Waals surface area (Å²) in [6.45, 7) is 50.0. The van der Waals surface area contributed by atoms with E-state index in [2.05, 4.69) is 143 Å². The minimum Gasteiger partial charge on any atom is -0.870 e. The summed E-state index contributed by atoms with van der Waals surface area (Å²) in [5.74, 6) is -1.67. The van der Waals surface area contributed by atoms with Crippen LogP contribution < -0.4 is 18.9 Å². The molecule has 1 saturated heterocycles. The van der Waals surface area contributed by atoms with Crippen molar-refractivity contribution < 1.29 is 76.8 Å². The van der Waals surface area contributed by atoms with E-state index in [4.69, 9.17) is 44.6 Å². The number of halogens is 1. The Morgan fingerprint density at radius 2 is 0.820 bits per heavy atom. The molecule has 15 heteroatoms. The first-order chi connectivity index (χ1) is 45.4. The molecule has 1 aliphatic heterocycles. The Morgan fingerprint density at radius 3 is 1.16 bits per heavy atom. The average molecular weight is 1380 g/mol. The fourth-order valence-electron chi connectivity index (χ4n) is 13.2. The van der Waals surface area contributed by atoms with Gasteiger partial charge in [-0.05, 0) is 270 Å². The molecule has 3 aliphatic carbocycles. The molecular weight excluding hydrogens is 1270 g/mol. The molecule has 0 spiro atoms. The molecule has 0 saturated carbocycles. The van der Waals surface area contributed by atoms with Gasteiger partial charge in [-0.25, -0.2) is 14.4 Å². The summed E-state index contributed by atoms with van der Waals surface area (Å²) in [7, 11) is -0.129. The Balaban J connectivity index is 0.000000243. The van der Waals surface area contributed by atoms with E-state index in [1.165, 1.54) is 33.8 Å². The summed E-state index contributed by atoms with van der Waals surface area (Å²) in [5, 5.41) is 17.2. The van der Waals surface area contributed by atoms with Crippen LogP contribution in [0.3, 0.4) is 0 Å². The number of aryl methyl sites for hydroxylation is 3. The number of esters is 2.